The molecule has 0 radical (unpaired) electrons. The summed E-state index contributed by atoms with van der Waals surface area (Å²) in [5.41, 5.74) is -1.32. The van der Waals surface area contributed by atoms with Gasteiger partial charge >= 0.3 is 5.97 Å². The molecule has 0 saturated heterocycles. The minimum Gasteiger partial charge on any atom is -0.480 e. The Morgan fingerprint density at radius 2 is 1.79 bits per heavy atom. The predicted octanol–water partition coefficient (Wildman–Crippen LogP) is 0.340. The van der Waals surface area contributed by atoms with Crippen molar-refractivity contribution in [2.24, 2.45) is 0 Å². The van der Waals surface area contributed by atoms with E-state index in [1.54, 1.807) is 30.3 Å². The number of hydrogen-bond donors (Lipinski definition) is 3. The zero-order chi connectivity index (χ0) is 10.8. The topological polar surface area (TPSA) is 77.8 Å². The van der Waals surface area contributed by atoms with E-state index in [0.717, 1.165) is 0 Å². The minimum atomic E-state index is -1.93. The Morgan fingerprint density at radius 3 is 2.14 bits per heavy atom. The molecule has 0 heterocycles. The van der Waals surface area contributed by atoms with E-state index in [2.05, 4.69) is 0 Å². The van der Waals surface area contributed by atoms with E-state index in [1.807, 2.05) is 0 Å². The van der Waals surface area contributed by atoms with E-state index in [9.17, 15) is 4.79 Å². The van der Waals surface area contributed by atoms with Crippen molar-refractivity contribution in [2.75, 3.05) is 0 Å². The third-order valence-corrected chi connectivity index (χ3v) is 2.33. The van der Waals surface area contributed by atoms with Crippen molar-refractivity contribution in [3.63, 3.8) is 0 Å². The SMILES string of the molecule is CC(C(=O)O)(c1ccccc1)C(O)O. The summed E-state index contributed by atoms with van der Waals surface area (Å²) in [7, 11) is 0. The summed E-state index contributed by atoms with van der Waals surface area (Å²) in [6, 6.07) is 8.13. The van der Waals surface area contributed by atoms with Crippen LogP contribution in [0.1, 0.15) is 12.5 Å². The number of carboxylic acid groups (broad SMARTS) is 1. The van der Waals surface area contributed by atoms with Crippen LogP contribution < -0.4 is 0 Å². The Morgan fingerprint density at radius 1 is 1.29 bits per heavy atom. The van der Waals surface area contributed by atoms with E-state index in [0.29, 0.717) is 5.56 Å². The number of aliphatic hydroxyl groups is 2. The second-order valence-corrected chi connectivity index (χ2v) is 3.25. The summed E-state index contributed by atoms with van der Waals surface area (Å²) in [5, 5.41) is 27.1. The highest BCUT2D eigenvalue weighted by atomic mass is 16.5. The van der Waals surface area contributed by atoms with Crippen LogP contribution in [0, 0.1) is 0 Å². The highest BCUT2D eigenvalue weighted by molar-refractivity contribution is 5.81. The summed E-state index contributed by atoms with van der Waals surface area (Å²) >= 11 is 0. The van der Waals surface area contributed by atoms with Crippen LogP contribution in [0.5, 0.6) is 0 Å². The maximum Gasteiger partial charge on any atom is 0.319 e. The van der Waals surface area contributed by atoms with Crippen molar-refractivity contribution >= 4 is 5.97 Å². The molecule has 0 aliphatic heterocycles. The van der Waals surface area contributed by atoms with Crippen LogP contribution in [0.2, 0.25) is 0 Å². The quantitative estimate of drug-likeness (QED) is 0.609. The molecule has 0 bridgehead atoms. The number of hydrogen-bond acceptors (Lipinski definition) is 3. The molecule has 0 fully saturated rings. The number of aliphatic carboxylic acids is 1. The molecule has 0 aromatic heterocycles. The molecular formula is C10H12O4. The zero-order valence-electron chi connectivity index (χ0n) is 7.71. The van der Waals surface area contributed by atoms with Crippen molar-refractivity contribution in [3.05, 3.63) is 35.9 Å². The van der Waals surface area contributed by atoms with Crippen molar-refractivity contribution in [1.82, 2.24) is 0 Å². The third kappa shape index (κ3) is 1.62. The molecule has 1 rings (SSSR count). The lowest BCUT2D eigenvalue weighted by Crippen LogP contribution is -2.43. The van der Waals surface area contributed by atoms with Gasteiger partial charge in [0, 0.05) is 0 Å². The molecule has 0 aliphatic rings. The van der Waals surface area contributed by atoms with Gasteiger partial charge in [0.05, 0.1) is 0 Å². The first-order valence-electron chi connectivity index (χ1n) is 4.14. The van der Waals surface area contributed by atoms with E-state index >= 15 is 0 Å². The fourth-order valence-electron chi connectivity index (χ4n) is 1.17. The number of aliphatic hydroxyl groups excluding tert-OH is 1. The normalized spacial score (nSPS) is 15.1. The Hall–Kier alpha value is -1.39. The van der Waals surface area contributed by atoms with E-state index in [4.69, 9.17) is 15.3 Å². The molecule has 1 atom stereocenters. The van der Waals surface area contributed by atoms with Crippen molar-refractivity contribution in [2.45, 2.75) is 18.6 Å². The maximum absolute atomic E-state index is 10.9. The number of benzene rings is 1. The van der Waals surface area contributed by atoms with Crippen LogP contribution in [0.25, 0.3) is 0 Å². The number of carboxylic acids is 1. The van der Waals surface area contributed by atoms with Gasteiger partial charge < -0.3 is 15.3 Å². The molecule has 76 valence electrons. The maximum atomic E-state index is 10.9. The van der Waals surface area contributed by atoms with Gasteiger partial charge in [0.1, 0.15) is 5.41 Å². The van der Waals surface area contributed by atoms with Crippen molar-refractivity contribution < 1.29 is 20.1 Å². The minimum absolute atomic E-state index is 0.363. The summed E-state index contributed by atoms with van der Waals surface area (Å²) in [4.78, 5) is 10.9. The highest BCUT2D eigenvalue weighted by Crippen LogP contribution is 2.26. The molecule has 4 nitrogen and oxygen atoms in total. The van der Waals surface area contributed by atoms with Crippen LogP contribution in [0.4, 0.5) is 0 Å². The van der Waals surface area contributed by atoms with Gasteiger partial charge in [0.2, 0.25) is 0 Å². The lowest BCUT2D eigenvalue weighted by molar-refractivity contribution is -0.162. The molecule has 3 N–H and O–H groups in total. The van der Waals surface area contributed by atoms with Crippen molar-refractivity contribution in [1.29, 1.82) is 0 Å². The smallest absolute Gasteiger partial charge is 0.319 e. The van der Waals surface area contributed by atoms with Crippen LogP contribution in [0.3, 0.4) is 0 Å². The molecule has 4 heteroatoms. The van der Waals surface area contributed by atoms with Gasteiger partial charge in [0.25, 0.3) is 0 Å². The Bertz CT molecular complexity index is 320. The number of carbonyl (C=O) groups is 1. The third-order valence-electron chi connectivity index (χ3n) is 2.33. The predicted molar refractivity (Wildman–Crippen MR) is 49.7 cm³/mol. The Kier molecular flexibility index (Phi) is 2.88. The number of rotatable bonds is 3. The molecular weight excluding hydrogens is 184 g/mol. The van der Waals surface area contributed by atoms with Gasteiger partial charge in [-0.3, -0.25) is 4.79 Å². The largest absolute Gasteiger partial charge is 0.480 e. The van der Waals surface area contributed by atoms with Gasteiger partial charge in [-0.1, -0.05) is 30.3 Å². The molecule has 1 unspecified atom stereocenters. The fourth-order valence-corrected chi connectivity index (χ4v) is 1.17. The van der Waals surface area contributed by atoms with Crippen LogP contribution in [-0.4, -0.2) is 27.6 Å². The van der Waals surface area contributed by atoms with Gasteiger partial charge in [-0.05, 0) is 12.5 Å². The Labute approximate surface area is 81.4 Å². The summed E-state index contributed by atoms with van der Waals surface area (Å²) in [6.07, 6.45) is -1.93. The van der Waals surface area contributed by atoms with Crippen LogP contribution >= 0.6 is 0 Å². The van der Waals surface area contributed by atoms with Crippen LogP contribution in [0.15, 0.2) is 30.3 Å². The van der Waals surface area contributed by atoms with Gasteiger partial charge in [0.15, 0.2) is 6.29 Å². The van der Waals surface area contributed by atoms with Gasteiger partial charge in [-0.25, -0.2) is 0 Å². The lowest BCUT2D eigenvalue weighted by Gasteiger charge is -2.26. The molecule has 0 spiro atoms. The first-order valence-corrected chi connectivity index (χ1v) is 4.14. The molecule has 1 aromatic carbocycles. The monoisotopic (exact) mass is 196 g/mol. The lowest BCUT2D eigenvalue weighted by atomic mass is 9.82. The standard InChI is InChI=1S/C10H12O4/c1-10(8(11)12,9(13)14)7-5-3-2-4-6-7/h2-6,8,11-12H,1H3,(H,13,14). The first kappa shape index (κ1) is 10.7. The highest BCUT2D eigenvalue weighted by Gasteiger charge is 2.41. The molecule has 14 heavy (non-hydrogen) atoms. The summed E-state index contributed by atoms with van der Waals surface area (Å²) in [5.74, 6) is -1.27. The van der Waals surface area contributed by atoms with Crippen LogP contribution in [-0.2, 0) is 10.2 Å². The second-order valence-electron chi connectivity index (χ2n) is 3.25. The summed E-state index contributed by atoms with van der Waals surface area (Å²) < 4.78 is 0. The average Bonchev–Trinajstić information content (AvgIpc) is 2.17. The average molecular weight is 196 g/mol. The zero-order valence-corrected chi connectivity index (χ0v) is 7.71. The second kappa shape index (κ2) is 3.77. The Balaban J connectivity index is 3.20. The van der Waals surface area contributed by atoms with E-state index < -0.39 is 17.7 Å². The molecule has 1 aromatic rings. The van der Waals surface area contributed by atoms with Crippen molar-refractivity contribution in [3.8, 4) is 0 Å². The fraction of sp³-hybridized carbons (Fsp3) is 0.300. The van der Waals surface area contributed by atoms with Gasteiger partial charge in [-0.2, -0.15) is 0 Å². The molecule has 0 saturated carbocycles. The van der Waals surface area contributed by atoms with E-state index in [1.165, 1.54) is 6.92 Å². The van der Waals surface area contributed by atoms with Gasteiger partial charge in [-0.15, -0.1) is 0 Å². The molecule has 0 amide bonds. The van der Waals surface area contributed by atoms with E-state index in [-0.39, 0.29) is 0 Å². The summed E-state index contributed by atoms with van der Waals surface area (Å²) in [6.45, 7) is 1.27. The first-order chi connectivity index (χ1) is 6.49. The molecule has 0 aliphatic carbocycles.